The number of hydrogen-bond donors (Lipinski definition) is 1. The molecule has 0 heterocycles. The molecule has 0 aliphatic rings. The number of allylic oxidation sites excluding steroid dienone is 1. The average Bonchev–Trinajstić information content (AvgIpc) is 2.72. The fourth-order valence-corrected chi connectivity index (χ4v) is 3.05. The fourth-order valence-electron chi connectivity index (χ4n) is 2.18. The molecule has 0 spiro atoms. The van der Waals surface area contributed by atoms with Gasteiger partial charge in [0.25, 0.3) is 0 Å². The van der Waals surface area contributed by atoms with Crippen molar-refractivity contribution in [2.45, 2.75) is 0 Å². The Balaban J connectivity index is 2.17. The van der Waals surface area contributed by atoms with Crippen LogP contribution in [0.2, 0.25) is 0 Å². The minimum Gasteiger partial charge on any atom is -0.493 e. The second-order valence-corrected chi connectivity index (χ2v) is 6.19. The van der Waals surface area contributed by atoms with Gasteiger partial charge in [-0.2, -0.15) is 10.5 Å². The van der Waals surface area contributed by atoms with Gasteiger partial charge in [0, 0.05) is 11.3 Å². The molecule has 136 valence electrons. The number of methoxy groups -OCH3 is 2. The standard InChI is InChI=1S/C20H17N3O3S/c1-25-18-9-8-14(10-19(18)26-2)17(24)13-27-20(15(11-21)12-22)23-16-6-4-3-5-7-16/h3-10,23H,13H2,1-2H3. The van der Waals surface area contributed by atoms with Crippen LogP contribution in [0.1, 0.15) is 10.4 Å². The van der Waals surface area contributed by atoms with Crippen molar-refractivity contribution < 1.29 is 14.3 Å². The second-order valence-electron chi connectivity index (χ2n) is 5.20. The molecule has 7 heteroatoms. The fraction of sp³-hybridized carbons (Fsp3) is 0.150. The second kappa shape index (κ2) is 9.91. The molecule has 6 nitrogen and oxygen atoms in total. The highest BCUT2D eigenvalue weighted by Gasteiger charge is 2.14. The molecular weight excluding hydrogens is 362 g/mol. The van der Waals surface area contributed by atoms with Gasteiger partial charge in [-0.15, -0.1) is 0 Å². The third-order valence-electron chi connectivity index (χ3n) is 3.54. The summed E-state index contributed by atoms with van der Waals surface area (Å²) >= 11 is 1.10. The van der Waals surface area contributed by atoms with Crippen molar-refractivity contribution in [3.8, 4) is 23.6 Å². The number of hydrogen-bond acceptors (Lipinski definition) is 7. The average molecular weight is 379 g/mol. The van der Waals surface area contributed by atoms with Gasteiger partial charge in [-0.3, -0.25) is 4.79 Å². The van der Waals surface area contributed by atoms with Crippen molar-refractivity contribution >= 4 is 23.2 Å². The molecule has 0 unspecified atom stereocenters. The Morgan fingerprint density at radius 3 is 2.30 bits per heavy atom. The largest absolute Gasteiger partial charge is 0.493 e. The van der Waals surface area contributed by atoms with Crippen LogP contribution in [0.25, 0.3) is 0 Å². The van der Waals surface area contributed by atoms with Gasteiger partial charge in [-0.05, 0) is 30.3 Å². The molecule has 0 aromatic heterocycles. The van der Waals surface area contributed by atoms with Gasteiger partial charge >= 0.3 is 0 Å². The summed E-state index contributed by atoms with van der Waals surface area (Å²) in [5, 5.41) is 21.7. The summed E-state index contributed by atoms with van der Waals surface area (Å²) in [5.41, 5.74) is 1.10. The Kier molecular flexibility index (Phi) is 7.30. The predicted octanol–water partition coefficient (Wildman–Crippen LogP) is 3.99. The monoisotopic (exact) mass is 379 g/mol. The molecule has 0 saturated carbocycles. The van der Waals surface area contributed by atoms with E-state index in [9.17, 15) is 15.3 Å². The Morgan fingerprint density at radius 1 is 1.04 bits per heavy atom. The summed E-state index contributed by atoms with van der Waals surface area (Å²) in [7, 11) is 3.02. The molecular formula is C20H17N3O3S. The van der Waals surface area contributed by atoms with Crippen LogP contribution in [0.4, 0.5) is 5.69 Å². The van der Waals surface area contributed by atoms with Crippen molar-refractivity contribution in [1.29, 1.82) is 10.5 Å². The van der Waals surface area contributed by atoms with Crippen molar-refractivity contribution in [1.82, 2.24) is 0 Å². The summed E-state index contributed by atoms with van der Waals surface area (Å²) in [6.45, 7) is 0. The Labute approximate surface area is 162 Å². The lowest BCUT2D eigenvalue weighted by molar-refractivity contribution is 0.102. The molecule has 0 fully saturated rings. The SMILES string of the molecule is COc1ccc(C(=O)CSC(Nc2ccccc2)=C(C#N)C#N)cc1OC. The van der Waals surface area contributed by atoms with Crippen LogP contribution in [0.3, 0.4) is 0 Å². The molecule has 0 saturated heterocycles. The smallest absolute Gasteiger partial charge is 0.173 e. The van der Waals surface area contributed by atoms with E-state index in [2.05, 4.69) is 5.32 Å². The zero-order chi connectivity index (χ0) is 19.6. The lowest BCUT2D eigenvalue weighted by atomic mass is 10.1. The maximum absolute atomic E-state index is 12.5. The van der Waals surface area contributed by atoms with E-state index in [0.29, 0.717) is 22.1 Å². The van der Waals surface area contributed by atoms with Crippen LogP contribution in [0.15, 0.2) is 59.1 Å². The molecule has 2 aromatic rings. The lowest BCUT2D eigenvalue weighted by Crippen LogP contribution is -2.07. The number of para-hydroxylation sites is 1. The van der Waals surface area contributed by atoms with Crippen LogP contribution >= 0.6 is 11.8 Å². The first kappa shape index (κ1) is 19.9. The number of carbonyl (C=O) groups excluding carboxylic acids is 1. The molecule has 0 bridgehead atoms. The summed E-state index contributed by atoms with van der Waals surface area (Å²) in [4.78, 5) is 12.5. The highest BCUT2D eigenvalue weighted by atomic mass is 32.2. The van der Waals surface area contributed by atoms with Crippen LogP contribution in [-0.2, 0) is 0 Å². The quantitative estimate of drug-likeness (QED) is 0.547. The van der Waals surface area contributed by atoms with Crippen LogP contribution < -0.4 is 14.8 Å². The number of ether oxygens (including phenoxy) is 2. The van der Waals surface area contributed by atoms with E-state index >= 15 is 0 Å². The van der Waals surface area contributed by atoms with Crippen molar-refractivity contribution in [2.75, 3.05) is 25.3 Å². The normalized spacial score (nSPS) is 9.48. The molecule has 1 N–H and O–H groups in total. The van der Waals surface area contributed by atoms with Gasteiger partial charge in [-0.25, -0.2) is 0 Å². The van der Waals surface area contributed by atoms with E-state index in [4.69, 9.17) is 9.47 Å². The number of Topliss-reactive ketones (excluding diaryl/α,β-unsaturated/α-hetero) is 1. The molecule has 0 aliphatic heterocycles. The summed E-state index contributed by atoms with van der Waals surface area (Å²) < 4.78 is 10.4. The Morgan fingerprint density at radius 2 is 1.70 bits per heavy atom. The lowest BCUT2D eigenvalue weighted by Gasteiger charge is -2.11. The zero-order valence-corrected chi connectivity index (χ0v) is 15.7. The molecule has 27 heavy (non-hydrogen) atoms. The van der Waals surface area contributed by atoms with E-state index in [1.807, 2.05) is 42.5 Å². The maximum atomic E-state index is 12.5. The number of ketones is 1. The molecule has 0 amide bonds. The van der Waals surface area contributed by atoms with Crippen molar-refractivity contribution in [3.63, 3.8) is 0 Å². The van der Waals surface area contributed by atoms with E-state index < -0.39 is 0 Å². The van der Waals surface area contributed by atoms with Gasteiger partial charge in [0.15, 0.2) is 22.9 Å². The highest BCUT2D eigenvalue weighted by molar-refractivity contribution is 8.03. The molecule has 0 radical (unpaired) electrons. The predicted molar refractivity (Wildman–Crippen MR) is 105 cm³/mol. The third kappa shape index (κ3) is 5.27. The van der Waals surface area contributed by atoms with Gasteiger partial charge < -0.3 is 14.8 Å². The highest BCUT2D eigenvalue weighted by Crippen LogP contribution is 2.29. The first-order valence-electron chi connectivity index (χ1n) is 7.87. The number of rotatable bonds is 8. The number of anilines is 1. The van der Waals surface area contributed by atoms with Crippen molar-refractivity contribution in [2.24, 2.45) is 0 Å². The van der Waals surface area contributed by atoms with Crippen LogP contribution in [0, 0.1) is 22.7 Å². The minimum absolute atomic E-state index is 0.0531. The Bertz CT molecular complexity index is 912. The Hall–Kier alpha value is -3.42. The van der Waals surface area contributed by atoms with Gasteiger partial charge in [0.1, 0.15) is 17.2 Å². The molecule has 2 rings (SSSR count). The summed E-state index contributed by atoms with van der Waals surface area (Å²) in [6.07, 6.45) is 0. The van der Waals surface area contributed by atoms with Gasteiger partial charge in [-0.1, -0.05) is 30.0 Å². The number of nitriles is 2. The number of carbonyl (C=O) groups is 1. The van der Waals surface area contributed by atoms with Gasteiger partial charge in [0.05, 0.1) is 20.0 Å². The molecule has 2 aromatic carbocycles. The van der Waals surface area contributed by atoms with E-state index in [-0.39, 0.29) is 17.1 Å². The minimum atomic E-state index is -0.163. The molecule has 0 aliphatic carbocycles. The summed E-state index contributed by atoms with van der Waals surface area (Å²) in [5.74, 6) is 0.881. The van der Waals surface area contributed by atoms with E-state index in [1.54, 1.807) is 18.2 Å². The molecule has 0 atom stereocenters. The first-order valence-corrected chi connectivity index (χ1v) is 8.86. The van der Waals surface area contributed by atoms with Crippen molar-refractivity contribution in [3.05, 3.63) is 64.7 Å². The maximum Gasteiger partial charge on any atom is 0.173 e. The van der Waals surface area contributed by atoms with Gasteiger partial charge in [0.2, 0.25) is 0 Å². The zero-order valence-electron chi connectivity index (χ0n) is 14.9. The van der Waals surface area contributed by atoms with E-state index in [0.717, 1.165) is 17.4 Å². The topological polar surface area (TPSA) is 95.1 Å². The van der Waals surface area contributed by atoms with E-state index in [1.165, 1.54) is 14.2 Å². The number of nitrogens with zero attached hydrogens (tertiary/aromatic N) is 2. The van der Waals surface area contributed by atoms with Crippen LogP contribution in [-0.4, -0.2) is 25.8 Å². The number of thioether (sulfide) groups is 1. The number of nitrogens with one attached hydrogen (secondary N) is 1. The van der Waals surface area contributed by atoms with Crippen LogP contribution in [0.5, 0.6) is 11.5 Å². The number of benzene rings is 2. The first-order chi connectivity index (χ1) is 13.1. The third-order valence-corrected chi connectivity index (χ3v) is 4.54. The summed E-state index contributed by atoms with van der Waals surface area (Å²) in [6, 6.07) is 17.8.